The molecule has 0 saturated carbocycles. The maximum Gasteiger partial charge on any atom is 0.0812 e. The van der Waals surface area contributed by atoms with Crippen LogP contribution in [-0.4, -0.2) is 4.98 Å². The SMILES string of the molecule is Nc1cc2[nH]c3ccccc3c2cc1N(N)c1ccccc1. The molecule has 5 N–H and O–H groups in total. The lowest BCUT2D eigenvalue weighted by Crippen LogP contribution is -2.25. The first-order chi connectivity index (χ1) is 10.7. The van der Waals surface area contributed by atoms with Gasteiger partial charge in [-0.1, -0.05) is 36.4 Å². The number of benzene rings is 3. The highest BCUT2D eigenvalue weighted by atomic mass is 15.4. The van der Waals surface area contributed by atoms with E-state index in [0.29, 0.717) is 5.69 Å². The Morgan fingerprint density at radius 3 is 2.32 bits per heavy atom. The van der Waals surface area contributed by atoms with E-state index in [-0.39, 0.29) is 0 Å². The molecular weight excluding hydrogens is 272 g/mol. The Morgan fingerprint density at radius 1 is 0.773 bits per heavy atom. The van der Waals surface area contributed by atoms with Crippen LogP contribution in [-0.2, 0) is 0 Å². The van der Waals surface area contributed by atoms with Crippen LogP contribution in [0.2, 0.25) is 0 Å². The number of H-pyrrole nitrogens is 1. The predicted octanol–water partition coefficient (Wildman–Crippen LogP) is 3.92. The van der Waals surface area contributed by atoms with Crippen molar-refractivity contribution in [3.63, 3.8) is 0 Å². The van der Waals surface area contributed by atoms with Gasteiger partial charge in [0.2, 0.25) is 0 Å². The summed E-state index contributed by atoms with van der Waals surface area (Å²) in [5.41, 5.74) is 10.7. The van der Waals surface area contributed by atoms with Crippen LogP contribution in [0.5, 0.6) is 0 Å². The summed E-state index contributed by atoms with van der Waals surface area (Å²) >= 11 is 0. The van der Waals surface area contributed by atoms with Gasteiger partial charge < -0.3 is 10.7 Å². The zero-order valence-electron chi connectivity index (χ0n) is 12.0. The molecule has 0 atom stereocenters. The highest BCUT2D eigenvalue weighted by Gasteiger charge is 2.12. The molecule has 0 saturated heterocycles. The Kier molecular flexibility index (Phi) is 2.77. The molecule has 0 aliphatic carbocycles. The number of nitrogens with zero attached hydrogens (tertiary/aromatic N) is 1. The van der Waals surface area contributed by atoms with Gasteiger partial charge in [0, 0.05) is 21.8 Å². The lowest BCUT2D eigenvalue weighted by molar-refractivity contribution is 1.09. The molecule has 108 valence electrons. The molecule has 0 unspecified atom stereocenters. The van der Waals surface area contributed by atoms with E-state index in [1.807, 2.05) is 54.6 Å². The first-order valence-corrected chi connectivity index (χ1v) is 7.14. The Morgan fingerprint density at radius 2 is 1.50 bits per heavy atom. The first-order valence-electron chi connectivity index (χ1n) is 7.14. The van der Waals surface area contributed by atoms with Gasteiger partial charge in [-0.15, -0.1) is 0 Å². The molecule has 4 rings (SSSR count). The minimum atomic E-state index is 0.644. The Balaban J connectivity index is 1.94. The van der Waals surface area contributed by atoms with E-state index in [0.717, 1.165) is 27.8 Å². The van der Waals surface area contributed by atoms with Crippen LogP contribution in [0.15, 0.2) is 66.7 Å². The summed E-state index contributed by atoms with van der Waals surface area (Å²) in [4.78, 5) is 3.39. The van der Waals surface area contributed by atoms with Gasteiger partial charge in [0.1, 0.15) is 0 Å². The first kappa shape index (κ1) is 12.7. The molecule has 3 aromatic carbocycles. The van der Waals surface area contributed by atoms with Crippen LogP contribution in [0.4, 0.5) is 17.1 Å². The fourth-order valence-electron chi connectivity index (χ4n) is 2.84. The molecule has 4 aromatic rings. The number of nitrogen functional groups attached to an aromatic ring is 1. The summed E-state index contributed by atoms with van der Waals surface area (Å²) in [6.45, 7) is 0. The van der Waals surface area contributed by atoms with Crippen LogP contribution in [0, 0.1) is 0 Å². The molecule has 0 aliphatic rings. The number of fused-ring (bicyclic) bond motifs is 3. The van der Waals surface area contributed by atoms with Gasteiger partial charge >= 0.3 is 0 Å². The number of para-hydroxylation sites is 2. The molecule has 4 nitrogen and oxygen atoms in total. The Bertz CT molecular complexity index is 957. The number of anilines is 3. The number of aromatic nitrogens is 1. The van der Waals surface area contributed by atoms with Crippen LogP contribution in [0.3, 0.4) is 0 Å². The molecule has 22 heavy (non-hydrogen) atoms. The Labute approximate surface area is 127 Å². The molecule has 0 radical (unpaired) electrons. The molecule has 0 fully saturated rings. The van der Waals surface area contributed by atoms with Gasteiger partial charge in [0.25, 0.3) is 0 Å². The van der Waals surface area contributed by atoms with Gasteiger partial charge in [0.05, 0.1) is 17.1 Å². The fraction of sp³-hybridized carbons (Fsp3) is 0. The summed E-state index contributed by atoms with van der Waals surface area (Å²) in [6.07, 6.45) is 0. The standard InChI is InChI=1S/C18H16N4/c19-15-11-17-14(13-8-4-5-9-16(13)21-17)10-18(15)22(20)12-6-2-1-3-7-12/h1-11,21H,19-20H2. The second-order valence-electron chi connectivity index (χ2n) is 5.33. The van der Waals surface area contributed by atoms with Crippen molar-refractivity contribution in [2.24, 2.45) is 5.84 Å². The highest BCUT2D eigenvalue weighted by molar-refractivity contribution is 6.10. The van der Waals surface area contributed by atoms with E-state index < -0.39 is 0 Å². The maximum atomic E-state index is 6.26. The third-order valence-corrected chi connectivity index (χ3v) is 3.95. The minimum Gasteiger partial charge on any atom is -0.397 e. The zero-order chi connectivity index (χ0) is 15.1. The van der Waals surface area contributed by atoms with Crippen LogP contribution < -0.4 is 16.6 Å². The Hall–Kier alpha value is -2.98. The van der Waals surface area contributed by atoms with Crippen LogP contribution in [0.25, 0.3) is 21.8 Å². The topological polar surface area (TPSA) is 71.1 Å². The number of hydrogen-bond acceptors (Lipinski definition) is 3. The minimum absolute atomic E-state index is 0.644. The summed E-state index contributed by atoms with van der Waals surface area (Å²) in [6, 6.07) is 22.0. The van der Waals surface area contributed by atoms with E-state index in [1.165, 1.54) is 5.39 Å². The van der Waals surface area contributed by atoms with Crippen molar-refractivity contribution in [3.8, 4) is 0 Å². The van der Waals surface area contributed by atoms with E-state index in [1.54, 1.807) is 5.01 Å². The lowest BCUT2D eigenvalue weighted by atomic mass is 10.1. The van der Waals surface area contributed by atoms with Crippen LogP contribution in [0.1, 0.15) is 0 Å². The zero-order valence-corrected chi connectivity index (χ0v) is 12.0. The number of hydrogen-bond donors (Lipinski definition) is 3. The summed E-state index contributed by atoms with van der Waals surface area (Å²) < 4.78 is 0. The second-order valence-corrected chi connectivity index (χ2v) is 5.33. The van der Waals surface area contributed by atoms with Crippen molar-refractivity contribution in [2.45, 2.75) is 0 Å². The largest absolute Gasteiger partial charge is 0.397 e. The summed E-state index contributed by atoms with van der Waals surface area (Å²) in [5.74, 6) is 6.26. The molecule has 4 heteroatoms. The lowest BCUT2D eigenvalue weighted by Gasteiger charge is -2.20. The average Bonchev–Trinajstić information content (AvgIpc) is 2.91. The van der Waals surface area contributed by atoms with Crippen molar-refractivity contribution in [1.29, 1.82) is 0 Å². The number of nitrogens with one attached hydrogen (secondary N) is 1. The summed E-state index contributed by atoms with van der Waals surface area (Å²) in [7, 11) is 0. The van der Waals surface area contributed by atoms with Gasteiger partial charge in [-0.25, -0.2) is 5.84 Å². The molecule has 0 bridgehead atoms. The molecule has 0 amide bonds. The van der Waals surface area contributed by atoms with E-state index >= 15 is 0 Å². The highest BCUT2D eigenvalue weighted by Crippen LogP contribution is 2.34. The number of rotatable bonds is 2. The van der Waals surface area contributed by atoms with E-state index in [4.69, 9.17) is 11.6 Å². The van der Waals surface area contributed by atoms with E-state index in [2.05, 4.69) is 17.1 Å². The molecule has 0 aliphatic heterocycles. The predicted molar refractivity (Wildman–Crippen MR) is 93.0 cm³/mol. The number of nitrogens with two attached hydrogens (primary N) is 2. The third kappa shape index (κ3) is 1.89. The van der Waals surface area contributed by atoms with Gasteiger partial charge in [-0.3, -0.25) is 5.01 Å². The van der Waals surface area contributed by atoms with Crippen LogP contribution >= 0.6 is 0 Å². The second kappa shape index (κ2) is 4.79. The van der Waals surface area contributed by atoms with Crippen molar-refractivity contribution < 1.29 is 0 Å². The fourth-order valence-corrected chi connectivity index (χ4v) is 2.84. The number of hydrazine groups is 1. The van der Waals surface area contributed by atoms with Gasteiger partial charge in [-0.2, -0.15) is 0 Å². The molecule has 1 heterocycles. The number of aromatic amines is 1. The van der Waals surface area contributed by atoms with Crippen molar-refractivity contribution >= 4 is 38.9 Å². The van der Waals surface area contributed by atoms with Gasteiger partial charge in [-0.05, 0) is 30.3 Å². The monoisotopic (exact) mass is 288 g/mol. The smallest absolute Gasteiger partial charge is 0.0812 e. The average molecular weight is 288 g/mol. The quantitative estimate of drug-likeness (QED) is 0.297. The molecular formula is C18H16N4. The van der Waals surface area contributed by atoms with Gasteiger partial charge in [0.15, 0.2) is 0 Å². The molecule has 1 aromatic heterocycles. The third-order valence-electron chi connectivity index (χ3n) is 3.95. The van der Waals surface area contributed by atoms with E-state index in [9.17, 15) is 0 Å². The molecule has 0 spiro atoms. The normalized spacial score (nSPS) is 11.1. The van der Waals surface area contributed by atoms with Crippen molar-refractivity contribution in [1.82, 2.24) is 4.98 Å². The maximum absolute atomic E-state index is 6.26. The van der Waals surface area contributed by atoms with Crippen molar-refractivity contribution in [3.05, 3.63) is 66.7 Å². The van der Waals surface area contributed by atoms with Crippen molar-refractivity contribution in [2.75, 3.05) is 10.7 Å². The summed E-state index contributed by atoms with van der Waals surface area (Å²) in [5, 5.41) is 3.91.